The molecule has 0 heterocycles. The number of ether oxygens (including phenoxy) is 1. The number of methoxy groups -OCH3 is 1. The van der Waals surface area contributed by atoms with E-state index in [1.807, 2.05) is 6.92 Å². The molecule has 1 aromatic carbocycles. The van der Waals surface area contributed by atoms with Crippen LogP contribution in [0.25, 0.3) is 0 Å². The molecule has 1 amide bonds. The van der Waals surface area contributed by atoms with Crippen molar-refractivity contribution >= 4 is 23.2 Å². The molecule has 0 aliphatic carbocycles. The molecule has 1 aromatic rings. The lowest BCUT2D eigenvalue weighted by atomic mass is 10.1. The van der Waals surface area contributed by atoms with Crippen molar-refractivity contribution in [2.75, 3.05) is 13.7 Å². The van der Waals surface area contributed by atoms with Gasteiger partial charge >= 0.3 is 5.69 Å². The number of nitrogens with one attached hydrogen (secondary N) is 1. The van der Waals surface area contributed by atoms with E-state index >= 15 is 0 Å². The predicted molar refractivity (Wildman–Crippen MR) is 71.9 cm³/mol. The van der Waals surface area contributed by atoms with Crippen molar-refractivity contribution in [1.82, 2.24) is 5.32 Å². The Morgan fingerprint density at radius 2 is 2.26 bits per heavy atom. The van der Waals surface area contributed by atoms with E-state index in [0.717, 1.165) is 6.42 Å². The molecule has 1 atom stereocenters. The van der Waals surface area contributed by atoms with E-state index < -0.39 is 4.92 Å². The summed E-state index contributed by atoms with van der Waals surface area (Å²) in [5, 5.41) is 13.2. The normalized spacial score (nSPS) is 11.7. The van der Waals surface area contributed by atoms with Crippen LogP contribution in [0.15, 0.2) is 18.2 Å². The summed E-state index contributed by atoms with van der Waals surface area (Å²) in [6.45, 7) is 2.26. The number of amides is 1. The molecular weight excluding hydrogens is 272 g/mol. The maximum atomic E-state index is 11.8. The number of benzene rings is 1. The summed E-state index contributed by atoms with van der Waals surface area (Å²) in [5.74, 6) is -0.289. The first-order chi connectivity index (χ1) is 8.99. The van der Waals surface area contributed by atoms with Gasteiger partial charge in [0.25, 0.3) is 5.91 Å². The highest BCUT2D eigenvalue weighted by molar-refractivity contribution is 6.20. The number of nitro benzene ring substituents is 1. The minimum absolute atomic E-state index is 0.0514. The summed E-state index contributed by atoms with van der Waals surface area (Å²) in [6, 6.07) is 3.96. The Labute approximate surface area is 115 Å². The number of halogens is 1. The van der Waals surface area contributed by atoms with Gasteiger partial charge in [-0.05, 0) is 12.5 Å². The van der Waals surface area contributed by atoms with Crippen molar-refractivity contribution in [1.29, 1.82) is 0 Å². The largest absolute Gasteiger partial charge is 0.490 e. The monoisotopic (exact) mass is 286 g/mol. The van der Waals surface area contributed by atoms with E-state index in [9.17, 15) is 14.9 Å². The van der Waals surface area contributed by atoms with Gasteiger partial charge in [0, 0.05) is 24.2 Å². The fourth-order valence-corrected chi connectivity index (χ4v) is 1.50. The number of rotatable bonds is 6. The first-order valence-corrected chi connectivity index (χ1v) is 6.18. The second kappa shape index (κ2) is 6.94. The number of nitro groups is 1. The zero-order chi connectivity index (χ0) is 14.4. The quantitative estimate of drug-likeness (QED) is 0.494. The third-order valence-electron chi connectivity index (χ3n) is 2.57. The van der Waals surface area contributed by atoms with Crippen LogP contribution in [0.2, 0.25) is 0 Å². The molecule has 6 nitrogen and oxygen atoms in total. The van der Waals surface area contributed by atoms with Crippen LogP contribution in [0, 0.1) is 10.1 Å². The Balaban J connectivity index is 2.84. The van der Waals surface area contributed by atoms with Crippen molar-refractivity contribution in [3.8, 4) is 5.75 Å². The molecular formula is C12H15ClN2O4. The van der Waals surface area contributed by atoms with E-state index in [0.29, 0.717) is 12.1 Å². The highest BCUT2D eigenvalue weighted by Gasteiger charge is 2.17. The average Bonchev–Trinajstić information content (AvgIpc) is 2.43. The standard InChI is InChI=1S/C12H15ClN2O4/c1-3-9(13)7-14-12(16)8-4-5-10(15(17)18)11(6-8)19-2/h4-6,9H,3,7H2,1-2H3,(H,14,16). The van der Waals surface area contributed by atoms with Gasteiger partial charge < -0.3 is 10.1 Å². The zero-order valence-electron chi connectivity index (χ0n) is 10.7. The second-order valence-corrected chi connectivity index (χ2v) is 4.48. The third kappa shape index (κ3) is 4.10. The van der Waals surface area contributed by atoms with Crippen molar-refractivity contribution in [2.24, 2.45) is 0 Å². The summed E-state index contributed by atoms with van der Waals surface area (Å²) in [5.41, 5.74) is 0.116. The van der Waals surface area contributed by atoms with Crippen LogP contribution in [0.1, 0.15) is 23.7 Å². The number of carbonyl (C=O) groups excluding carboxylic acids is 1. The summed E-state index contributed by atoms with van der Waals surface area (Å²) in [6.07, 6.45) is 0.741. The fraction of sp³-hybridized carbons (Fsp3) is 0.417. The van der Waals surface area contributed by atoms with Crippen LogP contribution >= 0.6 is 11.6 Å². The molecule has 0 aliphatic heterocycles. The van der Waals surface area contributed by atoms with Gasteiger partial charge in [-0.3, -0.25) is 14.9 Å². The molecule has 1 N–H and O–H groups in total. The lowest BCUT2D eigenvalue weighted by Crippen LogP contribution is -2.29. The topological polar surface area (TPSA) is 81.5 Å². The van der Waals surface area contributed by atoms with Crippen LogP contribution in [0.3, 0.4) is 0 Å². The van der Waals surface area contributed by atoms with Crippen LogP contribution in [-0.2, 0) is 0 Å². The molecule has 7 heteroatoms. The summed E-state index contributed by atoms with van der Waals surface area (Å²) in [4.78, 5) is 22.0. The highest BCUT2D eigenvalue weighted by atomic mass is 35.5. The van der Waals surface area contributed by atoms with E-state index in [1.54, 1.807) is 0 Å². The molecule has 0 radical (unpaired) electrons. The number of carbonyl (C=O) groups is 1. The maximum Gasteiger partial charge on any atom is 0.310 e. The van der Waals surface area contributed by atoms with E-state index in [2.05, 4.69) is 5.32 Å². The Morgan fingerprint density at radius 1 is 1.58 bits per heavy atom. The SMILES string of the molecule is CCC(Cl)CNC(=O)c1ccc([N+](=O)[O-])c(OC)c1. The molecule has 104 valence electrons. The Bertz CT molecular complexity index is 479. The van der Waals surface area contributed by atoms with Crippen LogP contribution in [-0.4, -0.2) is 29.9 Å². The van der Waals surface area contributed by atoms with Crippen LogP contribution < -0.4 is 10.1 Å². The minimum Gasteiger partial charge on any atom is -0.490 e. The zero-order valence-corrected chi connectivity index (χ0v) is 11.4. The van der Waals surface area contributed by atoms with Crippen LogP contribution in [0.5, 0.6) is 5.75 Å². The fourth-order valence-electron chi connectivity index (χ4n) is 1.42. The van der Waals surface area contributed by atoms with Crippen molar-refractivity contribution in [3.05, 3.63) is 33.9 Å². The minimum atomic E-state index is -0.563. The molecule has 0 spiro atoms. The Hall–Kier alpha value is -1.82. The van der Waals surface area contributed by atoms with E-state index in [4.69, 9.17) is 16.3 Å². The lowest BCUT2D eigenvalue weighted by Gasteiger charge is -2.09. The van der Waals surface area contributed by atoms with Gasteiger partial charge in [-0.2, -0.15) is 0 Å². The second-order valence-electron chi connectivity index (χ2n) is 3.86. The van der Waals surface area contributed by atoms with E-state index in [1.165, 1.54) is 25.3 Å². The molecule has 19 heavy (non-hydrogen) atoms. The van der Waals surface area contributed by atoms with Gasteiger partial charge in [-0.1, -0.05) is 6.92 Å². The Morgan fingerprint density at radius 3 is 2.79 bits per heavy atom. The van der Waals surface area contributed by atoms with Gasteiger partial charge in [0.1, 0.15) is 0 Å². The maximum absolute atomic E-state index is 11.8. The smallest absolute Gasteiger partial charge is 0.310 e. The number of hydrogen-bond acceptors (Lipinski definition) is 4. The molecule has 1 unspecified atom stereocenters. The van der Waals surface area contributed by atoms with Gasteiger partial charge in [0.15, 0.2) is 5.75 Å². The molecule has 0 bridgehead atoms. The van der Waals surface area contributed by atoms with Crippen LogP contribution in [0.4, 0.5) is 5.69 Å². The molecule has 0 saturated heterocycles. The van der Waals surface area contributed by atoms with Crippen molar-refractivity contribution < 1.29 is 14.5 Å². The van der Waals surface area contributed by atoms with E-state index in [-0.39, 0.29) is 22.7 Å². The summed E-state index contributed by atoms with van der Waals surface area (Å²) in [7, 11) is 1.32. The summed E-state index contributed by atoms with van der Waals surface area (Å²) >= 11 is 5.89. The molecule has 1 rings (SSSR count). The first-order valence-electron chi connectivity index (χ1n) is 5.74. The molecule has 0 aromatic heterocycles. The first kappa shape index (κ1) is 15.2. The highest BCUT2D eigenvalue weighted by Crippen LogP contribution is 2.27. The predicted octanol–water partition coefficient (Wildman–Crippen LogP) is 2.35. The Kier molecular flexibility index (Phi) is 5.57. The van der Waals surface area contributed by atoms with Gasteiger partial charge in [-0.15, -0.1) is 11.6 Å². The summed E-state index contributed by atoms with van der Waals surface area (Å²) < 4.78 is 4.90. The number of hydrogen-bond donors (Lipinski definition) is 1. The molecule has 0 saturated carbocycles. The van der Waals surface area contributed by atoms with Crippen molar-refractivity contribution in [2.45, 2.75) is 18.7 Å². The average molecular weight is 287 g/mol. The van der Waals surface area contributed by atoms with Crippen molar-refractivity contribution in [3.63, 3.8) is 0 Å². The molecule has 0 fully saturated rings. The molecule has 0 aliphatic rings. The van der Waals surface area contributed by atoms with Gasteiger partial charge in [0.05, 0.1) is 17.4 Å². The van der Waals surface area contributed by atoms with Gasteiger partial charge in [0.2, 0.25) is 0 Å². The van der Waals surface area contributed by atoms with Gasteiger partial charge in [-0.25, -0.2) is 0 Å². The third-order valence-corrected chi connectivity index (χ3v) is 3.03. The number of nitrogens with zero attached hydrogens (tertiary/aromatic N) is 1. The lowest BCUT2D eigenvalue weighted by molar-refractivity contribution is -0.385. The number of alkyl halides is 1.